The normalized spacial score (nSPS) is 10.7. The second kappa shape index (κ2) is 7.73. The van der Waals surface area contributed by atoms with Gasteiger partial charge in [0.05, 0.1) is 12.2 Å². The van der Waals surface area contributed by atoms with Crippen molar-refractivity contribution in [1.29, 1.82) is 0 Å². The van der Waals surface area contributed by atoms with Crippen molar-refractivity contribution in [3.63, 3.8) is 0 Å². The van der Waals surface area contributed by atoms with Crippen LogP contribution in [0.4, 0.5) is 0 Å². The fourth-order valence-corrected chi connectivity index (χ4v) is 2.22. The molecule has 1 N–H and O–H groups in total. The van der Waals surface area contributed by atoms with Crippen molar-refractivity contribution in [2.75, 3.05) is 6.61 Å². The lowest BCUT2D eigenvalue weighted by Gasteiger charge is -2.09. The Kier molecular flexibility index (Phi) is 5.69. The Morgan fingerprint density at radius 1 is 0.955 bits per heavy atom. The van der Waals surface area contributed by atoms with Crippen molar-refractivity contribution in [3.05, 3.63) is 29.8 Å². The summed E-state index contributed by atoms with van der Waals surface area (Å²) in [4.78, 5) is 13.5. The largest absolute Gasteiger partial charge is 0.507 e. The van der Waals surface area contributed by atoms with E-state index in [-0.39, 0.29) is 5.75 Å². The maximum Gasteiger partial charge on any atom is 0.167 e. The molecule has 5 heteroatoms. The number of ether oxygens (including phenoxy) is 1. The maximum absolute atomic E-state index is 10.2. The summed E-state index contributed by atoms with van der Waals surface area (Å²) < 4.78 is 5.39. The Hall–Kier alpha value is -2.17. The Morgan fingerprint density at radius 2 is 1.59 bits per heavy atom. The molecule has 0 amide bonds. The molecule has 0 saturated heterocycles. The molecule has 0 aliphatic heterocycles. The Balaban J connectivity index is 2.41. The number of phenolic OH excluding ortho intramolecular Hbond substituents is 1. The van der Waals surface area contributed by atoms with Crippen LogP contribution in [0.2, 0.25) is 0 Å². The molecule has 1 aromatic heterocycles. The summed E-state index contributed by atoms with van der Waals surface area (Å²) in [5, 5.41) is 10.2. The molecule has 5 nitrogen and oxygen atoms in total. The van der Waals surface area contributed by atoms with Gasteiger partial charge in [-0.2, -0.15) is 0 Å². The second-order valence-electron chi connectivity index (χ2n) is 5.10. The fourth-order valence-electron chi connectivity index (χ4n) is 2.22. The van der Waals surface area contributed by atoms with Gasteiger partial charge in [0, 0.05) is 18.9 Å². The average Bonchev–Trinajstić information content (AvgIpc) is 2.48. The van der Waals surface area contributed by atoms with E-state index in [1.807, 2.05) is 13.0 Å². The number of rotatable bonds is 7. The molecule has 0 radical (unpaired) electrons. The molecule has 0 aliphatic rings. The average molecular weight is 301 g/mol. The second-order valence-corrected chi connectivity index (χ2v) is 5.10. The highest BCUT2D eigenvalue weighted by Gasteiger charge is 2.12. The van der Waals surface area contributed by atoms with Gasteiger partial charge in [-0.15, -0.1) is 0 Å². The number of phenols is 1. The van der Waals surface area contributed by atoms with E-state index >= 15 is 0 Å². The highest BCUT2D eigenvalue weighted by Crippen LogP contribution is 2.30. The van der Waals surface area contributed by atoms with Crippen molar-refractivity contribution >= 4 is 0 Å². The van der Waals surface area contributed by atoms with Crippen LogP contribution in [-0.2, 0) is 12.8 Å². The number of benzene rings is 1. The molecule has 0 atom stereocenters. The third kappa shape index (κ3) is 3.93. The van der Waals surface area contributed by atoms with Gasteiger partial charge in [-0.05, 0) is 31.9 Å². The van der Waals surface area contributed by atoms with E-state index in [1.54, 1.807) is 12.1 Å². The van der Waals surface area contributed by atoms with Crippen LogP contribution in [0.5, 0.6) is 11.5 Å². The van der Waals surface area contributed by atoms with Gasteiger partial charge in [-0.25, -0.2) is 15.0 Å². The van der Waals surface area contributed by atoms with E-state index in [4.69, 9.17) is 4.74 Å². The quantitative estimate of drug-likeness (QED) is 0.847. The molecule has 1 aromatic carbocycles. The van der Waals surface area contributed by atoms with Crippen LogP contribution in [0.15, 0.2) is 18.2 Å². The molecule has 0 bridgehead atoms. The van der Waals surface area contributed by atoms with Gasteiger partial charge in [-0.1, -0.05) is 13.8 Å². The standard InChI is InChI=1S/C17H23N3O2/c1-4-7-15-18-16(8-5-2)20-17(19-15)13-10-9-12(22-6-3)11-14(13)21/h9-11,21H,4-8H2,1-3H3. The summed E-state index contributed by atoms with van der Waals surface area (Å²) in [5.74, 6) is 2.86. The van der Waals surface area contributed by atoms with E-state index in [9.17, 15) is 5.11 Å². The van der Waals surface area contributed by atoms with Crippen LogP contribution in [0, 0.1) is 0 Å². The number of hydrogen-bond donors (Lipinski definition) is 1. The van der Waals surface area contributed by atoms with Crippen molar-refractivity contribution in [2.24, 2.45) is 0 Å². The zero-order valence-corrected chi connectivity index (χ0v) is 13.5. The lowest BCUT2D eigenvalue weighted by atomic mass is 10.1. The molecule has 0 saturated carbocycles. The van der Waals surface area contributed by atoms with E-state index < -0.39 is 0 Å². The number of hydrogen-bond acceptors (Lipinski definition) is 5. The molecular formula is C17H23N3O2. The molecule has 22 heavy (non-hydrogen) atoms. The van der Waals surface area contributed by atoms with Crippen molar-refractivity contribution in [2.45, 2.75) is 46.5 Å². The summed E-state index contributed by atoms with van der Waals surface area (Å²) in [6.07, 6.45) is 3.57. The minimum atomic E-state index is 0.127. The number of aryl methyl sites for hydroxylation is 2. The first-order valence-corrected chi connectivity index (χ1v) is 7.87. The van der Waals surface area contributed by atoms with Crippen LogP contribution in [0.1, 0.15) is 45.3 Å². The van der Waals surface area contributed by atoms with E-state index in [0.29, 0.717) is 23.7 Å². The zero-order valence-electron chi connectivity index (χ0n) is 13.5. The smallest absolute Gasteiger partial charge is 0.167 e. The lowest BCUT2D eigenvalue weighted by molar-refractivity contribution is 0.338. The third-order valence-electron chi connectivity index (χ3n) is 3.20. The van der Waals surface area contributed by atoms with Crippen LogP contribution in [0.3, 0.4) is 0 Å². The highest BCUT2D eigenvalue weighted by atomic mass is 16.5. The van der Waals surface area contributed by atoms with Gasteiger partial charge < -0.3 is 9.84 Å². The monoisotopic (exact) mass is 301 g/mol. The predicted octanol–water partition coefficient (Wildman–Crippen LogP) is 3.55. The molecule has 0 spiro atoms. The number of aromatic hydroxyl groups is 1. The van der Waals surface area contributed by atoms with Crippen LogP contribution in [-0.4, -0.2) is 26.7 Å². The van der Waals surface area contributed by atoms with E-state index in [1.165, 1.54) is 0 Å². The lowest BCUT2D eigenvalue weighted by Crippen LogP contribution is -2.05. The number of nitrogens with zero attached hydrogens (tertiary/aromatic N) is 3. The zero-order chi connectivity index (χ0) is 15.9. The topological polar surface area (TPSA) is 68.1 Å². The molecule has 2 rings (SSSR count). The van der Waals surface area contributed by atoms with E-state index in [2.05, 4.69) is 28.8 Å². The van der Waals surface area contributed by atoms with Crippen LogP contribution in [0.25, 0.3) is 11.4 Å². The molecule has 0 unspecified atom stereocenters. The summed E-state index contributed by atoms with van der Waals surface area (Å²) in [5.41, 5.74) is 0.612. The first-order valence-electron chi connectivity index (χ1n) is 7.87. The minimum absolute atomic E-state index is 0.127. The summed E-state index contributed by atoms with van der Waals surface area (Å²) in [6, 6.07) is 5.21. The van der Waals surface area contributed by atoms with Gasteiger partial charge >= 0.3 is 0 Å². The molecule has 118 valence electrons. The van der Waals surface area contributed by atoms with Crippen LogP contribution < -0.4 is 4.74 Å². The molecule has 0 fully saturated rings. The summed E-state index contributed by atoms with van der Waals surface area (Å²) in [6.45, 7) is 6.66. The van der Waals surface area contributed by atoms with Crippen molar-refractivity contribution < 1.29 is 9.84 Å². The first-order chi connectivity index (χ1) is 10.7. The Morgan fingerprint density at radius 3 is 2.09 bits per heavy atom. The fraction of sp³-hybridized carbons (Fsp3) is 0.471. The molecule has 2 aromatic rings. The van der Waals surface area contributed by atoms with Crippen LogP contribution >= 0.6 is 0 Å². The van der Waals surface area contributed by atoms with Gasteiger partial charge in [0.1, 0.15) is 23.1 Å². The maximum atomic E-state index is 10.2. The minimum Gasteiger partial charge on any atom is -0.507 e. The molecule has 0 aliphatic carbocycles. The summed E-state index contributed by atoms with van der Waals surface area (Å²) >= 11 is 0. The predicted molar refractivity (Wildman–Crippen MR) is 86.1 cm³/mol. The summed E-state index contributed by atoms with van der Waals surface area (Å²) in [7, 11) is 0. The first kappa shape index (κ1) is 16.2. The molecule has 1 heterocycles. The van der Waals surface area contributed by atoms with Gasteiger partial charge in [0.25, 0.3) is 0 Å². The third-order valence-corrected chi connectivity index (χ3v) is 3.20. The van der Waals surface area contributed by atoms with Crippen molar-refractivity contribution in [1.82, 2.24) is 15.0 Å². The number of aromatic nitrogens is 3. The Bertz CT molecular complexity index is 605. The van der Waals surface area contributed by atoms with Gasteiger partial charge in [0.2, 0.25) is 0 Å². The molecular weight excluding hydrogens is 278 g/mol. The Labute approximate surface area is 131 Å². The van der Waals surface area contributed by atoms with Gasteiger partial charge in [-0.3, -0.25) is 0 Å². The van der Waals surface area contributed by atoms with E-state index in [0.717, 1.165) is 37.3 Å². The van der Waals surface area contributed by atoms with Crippen molar-refractivity contribution in [3.8, 4) is 22.9 Å². The highest BCUT2D eigenvalue weighted by molar-refractivity contribution is 5.65. The SMILES string of the molecule is CCCc1nc(CCC)nc(-c2ccc(OCC)cc2O)n1. The van der Waals surface area contributed by atoms with Gasteiger partial charge in [0.15, 0.2) is 5.82 Å².